The van der Waals surface area contributed by atoms with E-state index in [1.54, 1.807) is 12.1 Å². The molecular weight excluding hydrogens is 400 g/mol. The first kappa shape index (κ1) is 13.7. The van der Waals surface area contributed by atoms with E-state index in [0.717, 1.165) is 12.1 Å². The third-order valence-corrected chi connectivity index (χ3v) is 2.14. The molecule has 0 saturated heterocycles. The molecule has 2 aromatic rings. The van der Waals surface area contributed by atoms with Gasteiger partial charge < -0.3 is 4.79 Å². The van der Waals surface area contributed by atoms with E-state index in [1.807, 2.05) is 0 Å². The Morgan fingerprint density at radius 2 is 1.65 bits per heavy atom. The number of carbonyl (C=O) groups is 1. The third kappa shape index (κ3) is 2.84. The minimum atomic E-state index is -0.859. The zero-order chi connectivity index (χ0) is 11.5. The SMILES string of the molecule is O=C(c1[c-]cccc1)c1c(F)cccc1F.[Os+]. The molecule has 0 aromatic heterocycles. The van der Waals surface area contributed by atoms with Crippen molar-refractivity contribution < 1.29 is 33.4 Å². The van der Waals surface area contributed by atoms with Gasteiger partial charge in [0.05, 0.1) is 5.56 Å². The van der Waals surface area contributed by atoms with Crippen LogP contribution in [0, 0.1) is 17.7 Å². The Bertz CT molecular complexity index is 506. The van der Waals surface area contributed by atoms with Crippen molar-refractivity contribution in [3.8, 4) is 0 Å². The largest absolute Gasteiger partial charge is 1.00 e. The standard InChI is InChI=1S/C13H7F2O.Os/c14-10-7-4-8-11(15)12(10)13(16)9-5-2-1-3-6-9;/h1-5,7-8H;/q-1;+1. The van der Waals surface area contributed by atoms with Gasteiger partial charge in [-0.25, -0.2) is 8.78 Å². The maximum Gasteiger partial charge on any atom is 1.00 e. The van der Waals surface area contributed by atoms with Crippen LogP contribution in [0.5, 0.6) is 0 Å². The fourth-order valence-corrected chi connectivity index (χ4v) is 1.38. The molecule has 0 fully saturated rings. The van der Waals surface area contributed by atoms with Crippen molar-refractivity contribution in [2.75, 3.05) is 0 Å². The van der Waals surface area contributed by atoms with Crippen LogP contribution >= 0.6 is 0 Å². The van der Waals surface area contributed by atoms with E-state index < -0.39 is 23.0 Å². The summed E-state index contributed by atoms with van der Waals surface area (Å²) in [5, 5.41) is 0. The number of hydrogen-bond acceptors (Lipinski definition) is 1. The summed E-state index contributed by atoms with van der Waals surface area (Å²) < 4.78 is 26.6. The second-order valence-corrected chi connectivity index (χ2v) is 3.20. The summed E-state index contributed by atoms with van der Waals surface area (Å²) in [6, 6.07) is 12.2. The Morgan fingerprint density at radius 1 is 1.00 bits per heavy atom. The molecule has 0 saturated carbocycles. The van der Waals surface area contributed by atoms with Crippen molar-refractivity contribution in [1.82, 2.24) is 0 Å². The molecule has 1 nitrogen and oxygen atoms in total. The molecule has 87 valence electrons. The van der Waals surface area contributed by atoms with Crippen LogP contribution in [0.3, 0.4) is 0 Å². The molecule has 0 heterocycles. The second-order valence-electron chi connectivity index (χ2n) is 3.20. The van der Waals surface area contributed by atoms with Gasteiger partial charge in [0.15, 0.2) is 0 Å². The molecule has 0 unspecified atom stereocenters. The number of ketones is 1. The zero-order valence-electron chi connectivity index (χ0n) is 8.56. The Balaban J connectivity index is 0.00000144. The molecule has 0 amide bonds. The first-order valence-corrected chi connectivity index (χ1v) is 4.65. The van der Waals surface area contributed by atoms with Crippen molar-refractivity contribution in [2.24, 2.45) is 0 Å². The molecule has 1 radical (unpaired) electrons. The van der Waals surface area contributed by atoms with Gasteiger partial charge in [-0.05, 0) is 12.1 Å². The second kappa shape index (κ2) is 5.79. The van der Waals surface area contributed by atoms with Crippen molar-refractivity contribution in [2.45, 2.75) is 0 Å². The smallest absolute Gasteiger partial charge is 0.346 e. The van der Waals surface area contributed by atoms with E-state index in [2.05, 4.69) is 6.07 Å². The summed E-state index contributed by atoms with van der Waals surface area (Å²) in [6.45, 7) is 0. The molecule has 4 heteroatoms. The molecule has 0 aliphatic carbocycles. The Labute approximate surface area is 111 Å². The monoisotopic (exact) mass is 409 g/mol. The van der Waals surface area contributed by atoms with Gasteiger partial charge in [0.1, 0.15) is 17.4 Å². The topological polar surface area (TPSA) is 17.1 Å². The van der Waals surface area contributed by atoms with Gasteiger partial charge in [0, 0.05) is 0 Å². The summed E-state index contributed by atoms with van der Waals surface area (Å²) in [6.07, 6.45) is 0. The van der Waals surface area contributed by atoms with Gasteiger partial charge in [0.25, 0.3) is 0 Å². The van der Waals surface area contributed by atoms with Gasteiger partial charge in [-0.1, -0.05) is 6.07 Å². The molecular formula is C13H7F2OOs. The number of benzene rings is 2. The van der Waals surface area contributed by atoms with Crippen molar-refractivity contribution >= 4 is 5.78 Å². The normalized spacial score (nSPS) is 9.53. The number of carbonyl (C=O) groups excluding carboxylic acids is 1. The van der Waals surface area contributed by atoms with Crippen molar-refractivity contribution in [3.63, 3.8) is 0 Å². The first-order chi connectivity index (χ1) is 7.70. The molecule has 0 N–H and O–H groups in total. The summed E-state index contributed by atoms with van der Waals surface area (Å²) in [5.41, 5.74) is -0.392. The van der Waals surface area contributed by atoms with Crippen LogP contribution in [0.1, 0.15) is 15.9 Å². The van der Waals surface area contributed by atoms with Crippen LogP contribution < -0.4 is 0 Å². The van der Waals surface area contributed by atoms with Crippen molar-refractivity contribution in [3.05, 3.63) is 71.3 Å². The van der Waals surface area contributed by atoms with E-state index in [4.69, 9.17) is 0 Å². The van der Waals surface area contributed by atoms with Gasteiger partial charge >= 0.3 is 19.8 Å². The zero-order valence-corrected chi connectivity index (χ0v) is 11.1. The van der Waals surface area contributed by atoms with Gasteiger partial charge in [-0.2, -0.15) is 0 Å². The Morgan fingerprint density at radius 3 is 2.18 bits per heavy atom. The molecule has 0 bridgehead atoms. The van der Waals surface area contributed by atoms with E-state index in [9.17, 15) is 13.6 Å². The molecule has 0 aliphatic rings. The van der Waals surface area contributed by atoms with E-state index >= 15 is 0 Å². The quantitative estimate of drug-likeness (QED) is 0.553. The first-order valence-electron chi connectivity index (χ1n) is 4.65. The summed E-state index contributed by atoms with van der Waals surface area (Å²) in [5.74, 6) is -2.42. The fraction of sp³-hybridized carbons (Fsp3) is 0. The van der Waals surface area contributed by atoms with Crippen LogP contribution in [-0.4, -0.2) is 5.78 Å². The van der Waals surface area contributed by atoms with Crippen LogP contribution in [0.2, 0.25) is 0 Å². The molecule has 0 spiro atoms. The number of halogens is 2. The predicted octanol–water partition coefficient (Wildman–Crippen LogP) is 2.99. The number of hydrogen-bond donors (Lipinski definition) is 0. The predicted molar refractivity (Wildman–Crippen MR) is 55.1 cm³/mol. The molecule has 2 rings (SSSR count). The Hall–Kier alpha value is -1.39. The molecule has 17 heavy (non-hydrogen) atoms. The fourth-order valence-electron chi connectivity index (χ4n) is 1.38. The summed E-state index contributed by atoms with van der Waals surface area (Å²) >= 11 is 0. The molecule has 0 atom stereocenters. The van der Waals surface area contributed by atoms with Crippen LogP contribution in [0.25, 0.3) is 0 Å². The third-order valence-electron chi connectivity index (χ3n) is 2.14. The van der Waals surface area contributed by atoms with E-state index in [1.165, 1.54) is 18.2 Å². The van der Waals surface area contributed by atoms with E-state index in [0.29, 0.717) is 0 Å². The minimum absolute atomic E-state index is 0. The average molecular weight is 407 g/mol. The van der Waals surface area contributed by atoms with Crippen LogP contribution in [-0.2, 0) is 19.8 Å². The van der Waals surface area contributed by atoms with Gasteiger partial charge in [0.2, 0.25) is 0 Å². The Kier molecular flexibility index (Phi) is 4.66. The average Bonchev–Trinajstić information content (AvgIpc) is 2.30. The maximum atomic E-state index is 13.3. The van der Waals surface area contributed by atoms with E-state index in [-0.39, 0.29) is 25.4 Å². The van der Waals surface area contributed by atoms with Crippen LogP contribution in [0.4, 0.5) is 8.78 Å². The van der Waals surface area contributed by atoms with Gasteiger partial charge in [-0.3, -0.25) is 0 Å². The summed E-state index contributed by atoms with van der Waals surface area (Å²) in [7, 11) is 0. The summed E-state index contributed by atoms with van der Waals surface area (Å²) in [4.78, 5) is 11.8. The van der Waals surface area contributed by atoms with Crippen LogP contribution in [0.15, 0.2) is 42.5 Å². The molecule has 0 aliphatic heterocycles. The number of rotatable bonds is 2. The van der Waals surface area contributed by atoms with Gasteiger partial charge in [-0.15, -0.1) is 35.9 Å². The molecule has 2 aromatic carbocycles. The maximum absolute atomic E-state index is 13.3. The van der Waals surface area contributed by atoms with Crippen molar-refractivity contribution in [1.29, 1.82) is 0 Å². The minimum Gasteiger partial charge on any atom is -0.346 e.